The first-order valence-corrected chi connectivity index (χ1v) is 12.9. The maximum absolute atomic E-state index is 12.7. The van der Waals surface area contributed by atoms with Gasteiger partial charge in [-0.05, 0) is 73.7 Å². The van der Waals surface area contributed by atoms with Gasteiger partial charge >= 0.3 is 6.09 Å². The number of amides is 1. The Morgan fingerprint density at radius 1 is 1.08 bits per heavy atom. The molecule has 3 aromatic rings. The van der Waals surface area contributed by atoms with Crippen LogP contribution in [0.5, 0.6) is 0 Å². The lowest BCUT2D eigenvalue weighted by Gasteiger charge is -2.40. The number of hydrogen-bond acceptors (Lipinski definition) is 4. The molecular formula is C29H33ClN4O2. The highest BCUT2D eigenvalue weighted by Gasteiger charge is 2.33. The van der Waals surface area contributed by atoms with Crippen molar-refractivity contribution in [1.29, 1.82) is 0 Å². The number of nitrogens with zero attached hydrogens (tertiary/aromatic N) is 4. The summed E-state index contributed by atoms with van der Waals surface area (Å²) >= 11 is 6.48. The molecule has 36 heavy (non-hydrogen) atoms. The molecular weight excluding hydrogens is 472 g/mol. The first kappa shape index (κ1) is 24.6. The first-order valence-electron chi connectivity index (χ1n) is 12.5. The molecule has 0 radical (unpaired) electrons. The van der Waals surface area contributed by atoms with E-state index in [0.29, 0.717) is 13.1 Å². The number of aromatic nitrogens is 2. The Morgan fingerprint density at radius 2 is 1.83 bits per heavy atom. The third-order valence-electron chi connectivity index (χ3n) is 6.87. The Labute approximate surface area is 218 Å². The number of allylic oxidation sites excluding steroid dienone is 1. The monoisotopic (exact) mass is 504 g/mol. The van der Waals surface area contributed by atoms with Gasteiger partial charge in [0, 0.05) is 50.1 Å². The lowest BCUT2D eigenvalue weighted by atomic mass is 9.91. The van der Waals surface area contributed by atoms with Gasteiger partial charge in [-0.3, -0.25) is 4.90 Å². The molecule has 1 saturated heterocycles. The normalized spacial score (nSPS) is 18.2. The number of fused-ring (bicyclic) bond motifs is 2. The molecule has 1 atom stereocenters. The minimum absolute atomic E-state index is 0.0619. The Hall–Kier alpha value is -3.09. The van der Waals surface area contributed by atoms with Crippen molar-refractivity contribution in [2.24, 2.45) is 0 Å². The summed E-state index contributed by atoms with van der Waals surface area (Å²) in [5.41, 5.74) is 5.60. The van der Waals surface area contributed by atoms with Crippen LogP contribution in [0.15, 0.2) is 54.9 Å². The summed E-state index contributed by atoms with van der Waals surface area (Å²) < 4.78 is 7.79. The summed E-state index contributed by atoms with van der Waals surface area (Å²) in [5.74, 6) is 0.985. The number of carbonyl (C=O) groups excluding carboxylic acids is 1. The van der Waals surface area contributed by atoms with Gasteiger partial charge in [-0.25, -0.2) is 9.78 Å². The smallest absolute Gasteiger partial charge is 0.410 e. The van der Waals surface area contributed by atoms with Crippen molar-refractivity contribution in [1.82, 2.24) is 19.4 Å². The SMILES string of the molecule is Cc1nccn1CC1=Cc2cc(Cl)ccc2C(N2CCN(C(=O)OC(C)(C)C)CC2)c2ccccc21. The van der Waals surface area contributed by atoms with Crippen molar-refractivity contribution < 1.29 is 9.53 Å². The number of aryl methyl sites for hydroxylation is 1. The predicted molar refractivity (Wildman–Crippen MR) is 144 cm³/mol. The molecule has 0 bridgehead atoms. The Kier molecular flexibility index (Phi) is 6.66. The fraction of sp³-hybridized carbons (Fsp3) is 0.379. The van der Waals surface area contributed by atoms with E-state index in [4.69, 9.17) is 16.3 Å². The van der Waals surface area contributed by atoms with Crippen LogP contribution in [0.3, 0.4) is 0 Å². The van der Waals surface area contributed by atoms with Gasteiger partial charge in [0.25, 0.3) is 0 Å². The van der Waals surface area contributed by atoms with Crippen molar-refractivity contribution in [2.75, 3.05) is 26.2 Å². The predicted octanol–water partition coefficient (Wildman–Crippen LogP) is 6.04. The molecule has 0 spiro atoms. The maximum Gasteiger partial charge on any atom is 0.410 e. The number of halogens is 1. The van der Waals surface area contributed by atoms with Crippen LogP contribution in [0.2, 0.25) is 5.02 Å². The fourth-order valence-electron chi connectivity index (χ4n) is 5.15. The number of benzene rings is 2. The Morgan fingerprint density at radius 3 is 2.53 bits per heavy atom. The molecule has 7 heteroatoms. The van der Waals surface area contributed by atoms with E-state index in [2.05, 4.69) is 56.9 Å². The topological polar surface area (TPSA) is 50.6 Å². The van der Waals surface area contributed by atoms with E-state index in [1.54, 1.807) is 0 Å². The molecule has 2 heterocycles. The molecule has 1 amide bonds. The van der Waals surface area contributed by atoms with Crippen LogP contribution in [0.1, 0.15) is 54.9 Å². The van der Waals surface area contributed by atoms with Crippen molar-refractivity contribution in [3.63, 3.8) is 0 Å². The zero-order valence-corrected chi connectivity index (χ0v) is 22.1. The number of imidazole rings is 1. The van der Waals surface area contributed by atoms with Crippen LogP contribution >= 0.6 is 11.6 Å². The fourth-order valence-corrected chi connectivity index (χ4v) is 5.33. The molecule has 2 aromatic carbocycles. The molecule has 0 saturated carbocycles. The van der Waals surface area contributed by atoms with Gasteiger partial charge in [0.05, 0.1) is 6.04 Å². The van der Waals surface area contributed by atoms with E-state index >= 15 is 0 Å². The zero-order valence-electron chi connectivity index (χ0n) is 21.4. The maximum atomic E-state index is 12.7. The summed E-state index contributed by atoms with van der Waals surface area (Å²) in [5, 5.41) is 0.725. The standard InChI is InChI=1S/C29H33ClN4O2/c1-20-31-11-12-34(20)19-22-17-21-18-23(30)9-10-25(21)27(26-8-6-5-7-24(22)26)32-13-15-33(16-14-32)28(35)36-29(2,3)4/h5-12,17-18,27H,13-16,19H2,1-4H3. The van der Waals surface area contributed by atoms with Gasteiger partial charge in [0.2, 0.25) is 0 Å². The molecule has 1 unspecified atom stereocenters. The van der Waals surface area contributed by atoms with E-state index in [-0.39, 0.29) is 12.1 Å². The van der Waals surface area contributed by atoms with Gasteiger partial charge in [0.1, 0.15) is 11.4 Å². The van der Waals surface area contributed by atoms with Crippen LogP contribution < -0.4 is 0 Å². The molecule has 1 aliphatic carbocycles. The third kappa shape index (κ3) is 5.06. The van der Waals surface area contributed by atoms with Gasteiger partial charge in [-0.1, -0.05) is 41.9 Å². The first-order chi connectivity index (χ1) is 17.2. The highest BCUT2D eigenvalue weighted by atomic mass is 35.5. The number of carbonyl (C=O) groups is 1. The summed E-state index contributed by atoms with van der Waals surface area (Å²) in [6, 6.07) is 14.9. The number of piperazine rings is 1. The zero-order chi connectivity index (χ0) is 25.4. The minimum Gasteiger partial charge on any atom is -0.444 e. The largest absolute Gasteiger partial charge is 0.444 e. The van der Waals surface area contributed by atoms with E-state index in [1.807, 2.05) is 51.1 Å². The summed E-state index contributed by atoms with van der Waals surface area (Å²) in [4.78, 5) is 21.4. The molecule has 0 N–H and O–H groups in total. The van der Waals surface area contributed by atoms with Crippen molar-refractivity contribution in [2.45, 2.75) is 45.9 Å². The lowest BCUT2D eigenvalue weighted by molar-refractivity contribution is 0.0119. The second-order valence-corrected chi connectivity index (χ2v) is 11.0. The van der Waals surface area contributed by atoms with Crippen LogP contribution in [0.25, 0.3) is 11.6 Å². The summed E-state index contributed by atoms with van der Waals surface area (Å²) in [7, 11) is 0. The van der Waals surface area contributed by atoms with Crippen LogP contribution in [-0.2, 0) is 11.3 Å². The number of ether oxygens (including phenoxy) is 1. The van der Waals surface area contributed by atoms with E-state index in [9.17, 15) is 4.79 Å². The lowest BCUT2D eigenvalue weighted by Crippen LogP contribution is -2.51. The van der Waals surface area contributed by atoms with E-state index in [0.717, 1.165) is 36.0 Å². The third-order valence-corrected chi connectivity index (χ3v) is 7.11. The molecule has 1 aromatic heterocycles. The minimum atomic E-state index is -0.498. The van der Waals surface area contributed by atoms with Gasteiger partial charge in [-0.2, -0.15) is 0 Å². The highest BCUT2D eigenvalue weighted by Crippen LogP contribution is 2.41. The van der Waals surface area contributed by atoms with Gasteiger partial charge in [-0.15, -0.1) is 0 Å². The van der Waals surface area contributed by atoms with Crippen LogP contribution in [0, 0.1) is 6.92 Å². The van der Waals surface area contributed by atoms with Gasteiger partial charge < -0.3 is 14.2 Å². The van der Waals surface area contributed by atoms with Crippen molar-refractivity contribution in [3.8, 4) is 0 Å². The molecule has 188 valence electrons. The summed E-state index contributed by atoms with van der Waals surface area (Å²) in [6.45, 7) is 11.3. The number of hydrogen-bond donors (Lipinski definition) is 0. The quantitative estimate of drug-likeness (QED) is 0.436. The second-order valence-electron chi connectivity index (χ2n) is 10.5. The molecule has 1 aliphatic heterocycles. The second kappa shape index (κ2) is 9.75. The summed E-state index contributed by atoms with van der Waals surface area (Å²) in [6.07, 6.45) is 5.90. The average molecular weight is 505 g/mol. The average Bonchev–Trinajstić information content (AvgIpc) is 3.18. The van der Waals surface area contributed by atoms with Crippen molar-refractivity contribution >= 4 is 29.3 Å². The van der Waals surface area contributed by atoms with Crippen LogP contribution in [0.4, 0.5) is 4.79 Å². The Bertz CT molecular complexity index is 1300. The molecule has 6 nitrogen and oxygen atoms in total. The van der Waals surface area contributed by atoms with E-state index in [1.165, 1.54) is 22.3 Å². The highest BCUT2D eigenvalue weighted by molar-refractivity contribution is 6.30. The van der Waals surface area contributed by atoms with E-state index < -0.39 is 5.60 Å². The van der Waals surface area contributed by atoms with Gasteiger partial charge in [0.15, 0.2) is 0 Å². The van der Waals surface area contributed by atoms with Crippen LogP contribution in [-0.4, -0.2) is 57.2 Å². The molecule has 1 fully saturated rings. The molecule has 2 aliphatic rings. The Balaban J connectivity index is 1.50. The number of rotatable bonds is 3. The molecule has 5 rings (SSSR count). The van der Waals surface area contributed by atoms with Crippen molar-refractivity contribution in [3.05, 3.63) is 88.0 Å².